The number of allylic oxidation sites excluding steroid dienone is 1. The number of esters is 3. The van der Waals surface area contributed by atoms with E-state index in [9.17, 15) is 29.3 Å². The minimum atomic E-state index is -1.58. The Kier molecular flexibility index (Phi) is 6.35. The smallest absolute Gasteiger partial charge is 0.343 e. The first-order valence-corrected chi connectivity index (χ1v) is 12.1. The average molecular weight is 539 g/mol. The Morgan fingerprint density at radius 2 is 1.95 bits per heavy atom. The number of hydrogen-bond acceptors (Lipinski definition) is 12. The maximum atomic E-state index is 14.0. The molecule has 1 saturated carbocycles. The molecule has 0 spiro atoms. The van der Waals surface area contributed by atoms with Crippen LogP contribution >= 0.6 is 0 Å². The molecule has 5 rings (SSSR count). The number of nitrogens with zero attached hydrogens (tertiary/aromatic N) is 1. The number of carbonyl (C=O) groups is 4. The van der Waals surface area contributed by atoms with Crippen molar-refractivity contribution in [1.29, 1.82) is 0 Å². The predicted octanol–water partition coefficient (Wildman–Crippen LogP) is 1.71. The molecule has 3 aliphatic rings. The monoisotopic (exact) mass is 539 g/mol. The van der Waals surface area contributed by atoms with Gasteiger partial charge in [-0.05, 0) is 31.1 Å². The first-order chi connectivity index (χ1) is 18.5. The lowest BCUT2D eigenvalue weighted by atomic mass is 9.50. The van der Waals surface area contributed by atoms with Gasteiger partial charge in [0, 0.05) is 35.2 Å². The van der Waals surface area contributed by atoms with Crippen LogP contribution in [0.15, 0.2) is 59.1 Å². The van der Waals surface area contributed by atoms with E-state index < -0.39 is 69.3 Å². The zero-order valence-corrected chi connectivity index (χ0v) is 20.7. The predicted molar refractivity (Wildman–Crippen MR) is 129 cm³/mol. The fourth-order valence-corrected chi connectivity index (χ4v) is 6.09. The van der Waals surface area contributed by atoms with E-state index in [1.54, 1.807) is 6.07 Å². The molecule has 1 aromatic carbocycles. The van der Waals surface area contributed by atoms with E-state index in [2.05, 4.69) is 0 Å². The SMILES string of the molecule is COC(=O)[C@@H]1C=C(OC(=O)c2cccc([N+](=O)[O-])c2)C(=O)[C@H]2[C@@]1(N)CC[C@H]1C(=O)O[C@H](c3ccoc3)C[C@]21N. The average Bonchev–Trinajstić information content (AvgIpc) is 3.44. The van der Waals surface area contributed by atoms with Crippen LogP contribution in [0, 0.1) is 27.9 Å². The number of Topliss-reactive ketones (excluding diaryl/α,β-unsaturated/α-hetero) is 1. The second-order valence-corrected chi connectivity index (χ2v) is 10.0. The molecule has 6 atom stereocenters. The van der Waals surface area contributed by atoms with Gasteiger partial charge in [0.1, 0.15) is 6.10 Å². The highest BCUT2D eigenvalue weighted by Gasteiger charge is 2.67. The van der Waals surface area contributed by atoms with Crippen LogP contribution in [0.4, 0.5) is 5.69 Å². The third-order valence-electron chi connectivity index (χ3n) is 7.94. The van der Waals surface area contributed by atoms with Gasteiger partial charge in [-0.2, -0.15) is 0 Å². The number of rotatable bonds is 5. The van der Waals surface area contributed by atoms with Gasteiger partial charge in [-0.1, -0.05) is 6.07 Å². The van der Waals surface area contributed by atoms with Gasteiger partial charge in [0.15, 0.2) is 5.76 Å². The lowest BCUT2D eigenvalue weighted by Gasteiger charge is -2.58. The molecule has 1 aliphatic heterocycles. The molecule has 0 amide bonds. The van der Waals surface area contributed by atoms with Gasteiger partial charge in [0.25, 0.3) is 5.69 Å². The molecule has 1 aromatic heterocycles. The van der Waals surface area contributed by atoms with Crippen molar-refractivity contribution in [3.63, 3.8) is 0 Å². The summed E-state index contributed by atoms with van der Waals surface area (Å²) < 4.78 is 21.1. The summed E-state index contributed by atoms with van der Waals surface area (Å²) in [5.41, 5.74) is 10.6. The number of methoxy groups -OCH3 is 1. The number of hydrogen-bond donors (Lipinski definition) is 2. The summed E-state index contributed by atoms with van der Waals surface area (Å²) in [5.74, 6) is -7.27. The van der Waals surface area contributed by atoms with Crippen molar-refractivity contribution in [3.05, 3.63) is 75.9 Å². The number of nitrogens with two attached hydrogens (primary N) is 2. The zero-order chi connectivity index (χ0) is 28.1. The van der Waals surface area contributed by atoms with Crippen LogP contribution in [0.1, 0.15) is 41.3 Å². The van der Waals surface area contributed by atoms with Gasteiger partial charge in [0.2, 0.25) is 5.78 Å². The minimum absolute atomic E-state index is 0.0156. The Morgan fingerprint density at radius 1 is 1.18 bits per heavy atom. The zero-order valence-electron chi connectivity index (χ0n) is 20.7. The molecule has 1 saturated heterocycles. The number of carbonyl (C=O) groups excluding carboxylic acids is 4. The number of furan rings is 1. The molecule has 13 heteroatoms. The Morgan fingerprint density at radius 3 is 2.62 bits per heavy atom. The quantitative estimate of drug-likeness (QED) is 0.241. The Balaban J connectivity index is 1.56. The lowest BCUT2D eigenvalue weighted by molar-refractivity contribution is -0.384. The molecule has 0 radical (unpaired) electrons. The topological polar surface area (TPSA) is 204 Å². The van der Waals surface area contributed by atoms with Crippen LogP contribution in [0.2, 0.25) is 0 Å². The van der Waals surface area contributed by atoms with Gasteiger partial charge in [-0.25, -0.2) is 4.79 Å². The van der Waals surface area contributed by atoms with E-state index in [1.807, 2.05) is 0 Å². The van der Waals surface area contributed by atoms with Gasteiger partial charge in [-0.15, -0.1) is 0 Å². The number of nitro groups is 1. The van der Waals surface area contributed by atoms with Crippen molar-refractivity contribution in [2.75, 3.05) is 7.11 Å². The summed E-state index contributed by atoms with van der Waals surface area (Å²) in [5, 5.41) is 11.1. The fraction of sp³-hybridized carbons (Fsp3) is 0.385. The minimum Gasteiger partial charge on any atom is -0.472 e. The molecule has 2 fully saturated rings. The molecular weight excluding hydrogens is 514 g/mol. The second-order valence-electron chi connectivity index (χ2n) is 10.0. The maximum Gasteiger partial charge on any atom is 0.343 e. The molecule has 2 aliphatic carbocycles. The second kappa shape index (κ2) is 9.43. The van der Waals surface area contributed by atoms with Gasteiger partial charge < -0.3 is 30.1 Å². The van der Waals surface area contributed by atoms with Crippen molar-refractivity contribution in [3.8, 4) is 0 Å². The summed E-state index contributed by atoms with van der Waals surface area (Å²) in [6.07, 6.45) is 3.27. The van der Waals surface area contributed by atoms with E-state index in [-0.39, 0.29) is 30.5 Å². The summed E-state index contributed by atoms with van der Waals surface area (Å²) >= 11 is 0. The maximum absolute atomic E-state index is 14.0. The highest BCUT2D eigenvalue weighted by molar-refractivity contribution is 6.04. The third-order valence-corrected chi connectivity index (χ3v) is 7.94. The van der Waals surface area contributed by atoms with Crippen LogP contribution in [-0.4, -0.2) is 46.8 Å². The summed E-state index contributed by atoms with van der Waals surface area (Å²) in [6.45, 7) is 0. The first kappa shape index (κ1) is 26.3. The number of cyclic esters (lactones) is 1. The molecule has 0 unspecified atom stereocenters. The highest BCUT2D eigenvalue weighted by Crippen LogP contribution is 2.55. The van der Waals surface area contributed by atoms with E-state index in [0.29, 0.717) is 5.56 Å². The van der Waals surface area contributed by atoms with Gasteiger partial charge in [0.05, 0.1) is 47.9 Å². The van der Waals surface area contributed by atoms with E-state index >= 15 is 0 Å². The van der Waals surface area contributed by atoms with Crippen molar-refractivity contribution in [1.82, 2.24) is 0 Å². The van der Waals surface area contributed by atoms with Crippen LogP contribution in [0.25, 0.3) is 0 Å². The molecule has 2 aromatic rings. The van der Waals surface area contributed by atoms with Crippen molar-refractivity contribution >= 4 is 29.4 Å². The summed E-state index contributed by atoms with van der Waals surface area (Å²) in [7, 11) is 1.15. The number of fused-ring (bicyclic) bond motifs is 3. The first-order valence-electron chi connectivity index (χ1n) is 12.1. The number of non-ortho nitro benzene ring substituents is 1. The van der Waals surface area contributed by atoms with Gasteiger partial charge >= 0.3 is 17.9 Å². The van der Waals surface area contributed by atoms with E-state index in [0.717, 1.165) is 19.3 Å². The molecular formula is C26H25N3O10. The molecule has 204 valence electrons. The van der Waals surface area contributed by atoms with Crippen LogP contribution < -0.4 is 11.5 Å². The standard InChI is InChI=1S/C26H25N3O10/c1-36-23(32)17-10-18(38-22(31)13-3-2-4-15(9-13)29(34)35)20(30)21-25(17,27)7-5-16-24(33)39-19(11-26(16,21)28)14-6-8-37-12-14/h2-4,6,8-10,12,16-17,19,21H,5,7,11,27-28H2,1H3/t16-,17-,19-,21-,25+,26+/m0/s1. The highest BCUT2D eigenvalue weighted by atomic mass is 16.6. The van der Waals surface area contributed by atoms with Gasteiger partial charge in [-0.3, -0.25) is 24.5 Å². The Labute approximate surface area is 221 Å². The molecule has 4 N–H and O–H groups in total. The number of ketones is 1. The fourth-order valence-electron chi connectivity index (χ4n) is 6.09. The van der Waals surface area contributed by atoms with E-state index in [1.165, 1.54) is 30.7 Å². The number of nitro benzene ring substituents is 1. The largest absolute Gasteiger partial charge is 0.472 e. The molecule has 2 heterocycles. The van der Waals surface area contributed by atoms with E-state index in [4.69, 9.17) is 30.1 Å². The van der Waals surface area contributed by atoms with Crippen LogP contribution in [0.5, 0.6) is 0 Å². The van der Waals surface area contributed by atoms with Crippen molar-refractivity contribution in [2.45, 2.75) is 36.4 Å². The van der Waals surface area contributed by atoms with Crippen molar-refractivity contribution in [2.24, 2.45) is 29.2 Å². The Bertz CT molecular complexity index is 1400. The summed E-state index contributed by atoms with van der Waals surface area (Å²) in [6, 6.07) is 6.36. The number of benzene rings is 1. The summed E-state index contributed by atoms with van der Waals surface area (Å²) in [4.78, 5) is 63.4. The third kappa shape index (κ3) is 4.19. The normalized spacial score (nSPS) is 31.7. The van der Waals surface area contributed by atoms with Crippen LogP contribution in [0.3, 0.4) is 0 Å². The number of ether oxygens (including phenoxy) is 3. The molecule has 39 heavy (non-hydrogen) atoms. The van der Waals surface area contributed by atoms with Crippen LogP contribution in [-0.2, 0) is 28.6 Å². The molecule has 13 nitrogen and oxygen atoms in total. The lowest BCUT2D eigenvalue weighted by Crippen LogP contribution is -2.76. The van der Waals surface area contributed by atoms with Crippen molar-refractivity contribution < 1.29 is 42.7 Å². The Hall–Kier alpha value is -4.36. The molecule has 0 bridgehead atoms.